The molecule has 1 atom stereocenters. The Labute approximate surface area is 112 Å². The van der Waals surface area contributed by atoms with Gasteiger partial charge in [-0.1, -0.05) is 6.07 Å². The lowest BCUT2D eigenvalue weighted by Gasteiger charge is -2.30. The van der Waals surface area contributed by atoms with Crippen molar-refractivity contribution in [2.45, 2.75) is 18.9 Å². The standard InChI is InChI=1S/C14H16N2O3/c1-10-7-14(19-3,13(17)18-2)8-12(16-10)11-5-4-6-15-9-11/h4-7,9H,8H2,1-3H3. The van der Waals surface area contributed by atoms with E-state index in [2.05, 4.69) is 9.98 Å². The maximum absolute atomic E-state index is 12.0. The number of carbonyl (C=O) groups is 1. The lowest BCUT2D eigenvalue weighted by Crippen LogP contribution is -2.43. The van der Waals surface area contributed by atoms with Gasteiger partial charge in [0.25, 0.3) is 0 Å². The zero-order valence-electron chi connectivity index (χ0n) is 11.2. The number of hydrogen-bond acceptors (Lipinski definition) is 5. The molecule has 5 heteroatoms. The second-order valence-electron chi connectivity index (χ2n) is 4.35. The second kappa shape index (κ2) is 5.32. The quantitative estimate of drug-likeness (QED) is 0.777. The van der Waals surface area contributed by atoms with Crippen LogP contribution in [0, 0.1) is 0 Å². The van der Waals surface area contributed by atoms with Crippen LogP contribution in [0.5, 0.6) is 0 Å². The molecule has 1 aromatic rings. The molecule has 2 heterocycles. The van der Waals surface area contributed by atoms with E-state index in [1.807, 2.05) is 19.1 Å². The molecule has 1 aliphatic heterocycles. The molecule has 0 radical (unpaired) electrons. The predicted octanol–water partition coefficient (Wildman–Crippen LogP) is 1.74. The van der Waals surface area contributed by atoms with Gasteiger partial charge in [-0.2, -0.15) is 0 Å². The molecule has 0 amide bonds. The average Bonchev–Trinajstić information content (AvgIpc) is 2.46. The number of methoxy groups -OCH3 is 2. The van der Waals surface area contributed by atoms with Crippen molar-refractivity contribution in [3.8, 4) is 0 Å². The van der Waals surface area contributed by atoms with Crippen LogP contribution in [0.2, 0.25) is 0 Å². The number of rotatable bonds is 3. The zero-order chi connectivity index (χ0) is 13.9. The Balaban J connectivity index is 2.41. The lowest BCUT2D eigenvalue weighted by molar-refractivity contribution is -0.159. The SMILES string of the molecule is COC(=O)C1(OC)C=C(C)N=C(c2cccnc2)C1. The Kier molecular flexibility index (Phi) is 3.76. The average molecular weight is 260 g/mol. The van der Waals surface area contributed by atoms with Gasteiger partial charge in [0.05, 0.1) is 12.8 Å². The van der Waals surface area contributed by atoms with Crippen LogP contribution in [0.25, 0.3) is 0 Å². The minimum Gasteiger partial charge on any atom is -0.467 e. The summed E-state index contributed by atoms with van der Waals surface area (Å²) in [7, 11) is 2.84. The molecule has 19 heavy (non-hydrogen) atoms. The van der Waals surface area contributed by atoms with E-state index in [0.717, 1.165) is 17.0 Å². The highest BCUT2D eigenvalue weighted by molar-refractivity contribution is 6.05. The number of ether oxygens (including phenoxy) is 2. The van der Waals surface area contributed by atoms with Crippen LogP contribution >= 0.6 is 0 Å². The fourth-order valence-corrected chi connectivity index (χ4v) is 2.14. The molecule has 1 unspecified atom stereocenters. The van der Waals surface area contributed by atoms with Gasteiger partial charge in [-0.3, -0.25) is 9.98 Å². The molecule has 5 nitrogen and oxygen atoms in total. The molecule has 2 rings (SSSR count). The van der Waals surface area contributed by atoms with E-state index in [-0.39, 0.29) is 0 Å². The number of aromatic nitrogens is 1. The lowest BCUT2D eigenvalue weighted by atomic mass is 9.90. The highest BCUT2D eigenvalue weighted by atomic mass is 16.6. The maximum Gasteiger partial charge on any atom is 0.342 e. The number of aliphatic imine (C=N–C) groups is 1. The Morgan fingerprint density at radius 1 is 1.42 bits per heavy atom. The first kappa shape index (κ1) is 13.4. The van der Waals surface area contributed by atoms with Gasteiger partial charge in [-0.25, -0.2) is 4.79 Å². The van der Waals surface area contributed by atoms with Crippen LogP contribution in [0.15, 0.2) is 41.3 Å². The highest BCUT2D eigenvalue weighted by Gasteiger charge is 2.41. The number of allylic oxidation sites excluding steroid dienone is 1. The summed E-state index contributed by atoms with van der Waals surface area (Å²) in [6.45, 7) is 1.83. The molecule has 0 bridgehead atoms. The van der Waals surface area contributed by atoms with Crippen LogP contribution in [0.3, 0.4) is 0 Å². The highest BCUT2D eigenvalue weighted by Crippen LogP contribution is 2.28. The fraction of sp³-hybridized carbons (Fsp3) is 0.357. The Bertz CT molecular complexity index is 537. The molecule has 1 aliphatic rings. The van der Waals surface area contributed by atoms with E-state index in [9.17, 15) is 4.79 Å². The molecule has 0 fully saturated rings. The van der Waals surface area contributed by atoms with Gasteiger partial charge in [0.2, 0.25) is 0 Å². The molecule has 0 N–H and O–H groups in total. The number of carbonyl (C=O) groups excluding carboxylic acids is 1. The predicted molar refractivity (Wildman–Crippen MR) is 70.9 cm³/mol. The zero-order valence-corrected chi connectivity index (χ0v) is 11.2. The molecule has 1 aromatic heterocycles. The molecule has 100 valence electrons. The summed E-state index contributed by atoms with van der Waals surface area (Å²) in [6, 6.07) is 3.74. The first-order valence-electron chi connectivity index (χ1n) is 5.92. The summed E-state index contributed by atoms with van der Waals surface area (Å²) in [6.07, 6.45) is 5.44. The van der Waals surface area contributed by atoms with Gasteiger partial charge in [0, 0.05) is 37.2 Å². The maximum atomic E-state index is 12.0. The molecular formula is C14H16N2O3. The molecule has 0 aromatic carbocycles. The molecular weight excluding hydrogens is 244 g/mol. The third-order valence-electron chi connectivity index (χ3n) is 3.07. The number of hydrogen-bond donors (Lipinski definition) is 0. The van der Waals surface area contributed by atoms with Crippen LogP contribution in [0.1, 0.15) is 18.9 Å². The number of pyridine rings is 1. The van der Waals surface area contributed by atoms with Gasteiger partial charge < -0.3 is 9.47 Å². The first-order valence-corrected chi connectivity index (χ1v) is 5.92. The van der Waals surface area contributed by atoms with E-state index in [0.29, 0.717) is 6.42 Å². The number of esters is 1. The van der Waals surface area contributed by atoms with Crippen LogP contribution < -0.4 is 0 Å². The minimum absolute atomic E-state index is 0.333. The van der Waals surface area contributed by atoms with Crippen molar-refractivity contribution in [2.75, 3.05) is 14.2 Å². The summed E-state index contributed by atoms with van der Waals surface area (Å²) in [5.74, 6) is -0.425. The van der Waals surface area contributed by atoms with Crippen molar-refractivity contribution in [3.05, 3.63) is 41.9 Å². The fourth-order valence-electron chi connectivity index (χ4n) is 2.14. The van der Waals surface area contributed by atoms with Crippen molar-refractivity contribution >= 4 is 11.7 Å². The van der Waals surface area contributed by atoms with Crippen molar-refractivity contribution in [1.82, 2.24) is 4.98 Å². The van der Waals surface area contributed by atoms with Crippen LogP contribution in [-0.4, -0.2) is 36.5 Å². The molecule has 0 aliphatic carbocycles. The summed E-state index contributed by atoms with van der Waals surface area (Å²) < 4.78 is 10.2. The van der Waals surface area contributed by atoms with Crippen molar-refractivity contribution in [2.24, 2.45) is 4.99 Å². The first-order chi connectivity index (χ1) is 9.11. The Morgan fingerprint density at radius 3 is 2.79 bits per heavy atom. The van der Waals surface area contributed by atoms with E-state index < -0.39 is 11.6 Å². The van der Waals surface area contributed by atoms with Gasteiger partial charge in [0.15, 0.2) is 5.60 Å². The van der Waals surface area contributed by atoms with Crippen LogP contribution in [-0.2, 0) is 14.3 Å². The van der Waals surface area contributed by atoms with Crippen molar-refractivity contribution < 1.29 is 14.3 Å². The molecule has 0 saturated carbocycles. The molecule has 0 spiro atoms. The topological polar surface area (TPSA) is 60.8 Å². The molecule has 0 saturated heterocycles. The third kappa shape index (κ3) is 2.56. The second-order valence-corrected chi connectivity index (χ2v) is 4.35. The normalized spacial score (nSPS) is 22.5. The van der Waals surface area contributed by atoms with E-state index in [1.165, 1.54) is 14.2 Å². The monoisotopic (exact) mass is 260 g/mol. The van der Waals surface area contributed by atoms with E-state index >= 15 is 0 Å². The van der Waals surface area contributed by atoms with Gasteiger partial charge in [-0.05, 0) is 19.1 Å². The van der Waals surface area contributed by atoms with E-state index in [4.69, 9.17) is 9.47 Å². The van der Waals surface area contributed by atoms with Crippen molar-refractivity contribution in [1.29, 1.82) is 0 Å². The third-order valence-corrected chi connectivity index (χ3v) is 3.07. The summed E-state index contributed by atoms with van der Waals surface area (Å²) in [4.78, 5) is 20.5. The van der Waals surface area contributed by atoms with E-state index in [1.54, 1.807) is 18.5 Å². The Hall–Kier alpha value is -2.01. The smallest absolute Gasteiger partial charge is 0.342 e. The summed E-state index contributed by atoms with van der Waals surface area (Å²) >= 11 is 0. The van der Waals surface area contributed by atoms with Gasteiger partial charge in [0.1, 0.15) is 0 Å². The van der Waals surface area contributed by atoms with Gasteiger partial charge >= 0.3 is 5.97 Å². The largest absolute Gasteiger partial charge is 0.467 e. The Morgan fingerprint density at radius 2 is 2.21 bits per heavy atom. The summed E-state index contributed by atoms with van der Waals surface area (Å²) in [5, 5.41) is 0. The minimum atomic E-state index is -1.11. The summed E-state index contributed by atoms with van der Waals surface area (Å²) in [5.41, 5.74) is 1.25. The van der Waals surface area contributed by atoms with Crippen LogP contribution in [0.4, 0.5) is 0 Å². The van der Waals surface area contributed by atoms with Gasteiger partial charge in [-0.15, -0.1) is 0 Å². The van der Waals surface area contributed by atoms with Crippen molar-refractivity contribution in [3.63, 3.8) is 0 Å². The number of nitrogens with zero attached hydrogens (tertiary/aromatic N) is 2.